The molecule has 0 unspecified atom stereocenters. The average Bonchev–Trinajstić information content (AvgIpc) is 2.74. The molecule has 0 radical (unpaired) electrons. The van der Waals surface area contributed by atoms with Crippen molar-refractivity contribution in [1.29, 1.82) is 0 Å². The van der Waals surface area contributed by atoms with E-state index in [2.05, 4.69) is 31.2 Å². The van der Waals surface area contributed by atoms with Crippen LogP contribution in [0, 0.1) is 5.92 Å². The molecule has 1 saturated carbocycles. The van der Waals surface area contributed by atoms with Crippen LogP contribution in [0.5, 0.6) is 0 Å². The van der Waals surface area contributed by atoms with E-state index in [0.717, 1.165) is 30.6 Å². The maximum Gasteiger partial charge on any atom is 0.321 e. The Hall–Kier alpha value is -2.09. The van der Waals surface area contributed by atoms with Crippen molar-refractivity contribution in [3.63, 3.8) is 0 Å². The van der Waals surface area contributed by atoms with E-state index in [0.29, 0.717) is 5.92 Å². The van der Waals surface area contributed by atoms with Crippen LogP contribution in [-0.4, -0.2) is 5.97 Å². The molecule has 0 aliphatic heterocycles. The standard InChI is InChI=1S/C24H30O2S.5FH/c1-2-3-5-8-19-11-13-20(14-12-19)21-15-17-22(18-16-21)24(25)26-27-23-9-6-4-7-10-23;;;;;/h4,6-7,9-14,21-22H,2-3,5,8,15-18H2,1H3;5*1H. The second kappa shape index (κ2) is 18.5. The van der Waals surface area contributed by atoms with Gasteiger partial charge in [0.25, 0.3) is 0 Å². The second-order valence-corrected chi connectivity index (χ2v) is 8.35. The first-order valence-electron chi connectivity index (χ1n) is 10.3. The van der Waals surface area contributed by atoms with Crippen LogP contribution in [0.25, 0.3) is 0 Å². The van der Waals surface area contributed by atoms with E-state index in [1.165, 1.54) is 48.9 Å². The molecule has 0 aromatic heterocycles. The van der Waals surface area contributed by atoms with Crippen molar-refractivity contribution < 1.29 is 32.5 Å². The normalized spacial score (nSPS) is 16.5. The number of carbonyl (C=O) groups is 1. The monoisotopic (exact) mass is 482 g/mol. The molecular weight excluding hydrogens is 447 g/mol. The molecule has 0 atom stereocenters. The van der Waals surface area contributed by atoms with Crippen molar-refractivity contribution >= 4 is 18.0 Å². The summed E-state index contributed by atoms with van der Waals surface area (Å²) in [7, 11) is 0. The molecule has 3 rings (SSSR count). The summed E-state index contributed by atoms with van der Waals surface area (Å²) in [5.74, 6) is 0.569. The molecule has 2 aromatic carbocycles. The Labute approximate surface area is 191 Å². The summed E-state index contributed by atoms with van der Waals surface area (Å²) in [6.07, 6.45) is 9.05. The Kier molecular flexibility index (Phi) is 19.9. The Morgan fingerprint density at radius 2 is 1.44 bits per heavy atom. The number of aryl methyl sites for hydroxylation is 1. The third-order valence-electron chi connectivity index (χ3n) is 5.54. The zero-order chi connectivity index (χ0) is 18.9. The SMILES string of the molecule is CCCCCc1ccc(C2CCC(C(=O)OSc3ccccc3)CC2)cc1.F.F.F.F.F. The molecular formula is C24H35F5O2S. The van der Waals surface area contributed by atoms with Gasteiger partial charge in [0.2, 0.25) is 0 Å². The fourth-order valence-corrected chi connectivity index (χ4v) is 4.41. The number of carbonyl (C=O) groups excluding carboxylic acids is 1. The van der Waals surface area contributed by atoms with E-state index in [4.69, 9.17) is 4.18 Å². The summed E-state index contributed by atoms with van der Waals surface area (Å²) >= 11 is 1.18. The highest BCUT2D eigenvalue weighted by molar-refractivity contribution is 7.95. The van der Waals surface area contributed by atoms with Gasteiger partial charge < -0.3 is 4.18 Å². The van der Waals surface area contributed by atoms with Gasteiger partial charge in [0.1, 0.15) is 0 Å². The van der Waals surface area contributed by atoms with E-state index < -0.39 is 0 Å². The summed E-state index contributed by atoms with van der Waals surface area (Å²) in [5, 5.41) is 0. The largest absolute Gasteiger partial charge is 0.386 e. The maximum absolute atomic E-state index is 12.3. The molecule has 184 valence electrons. The number of hydrogen-bond acceptors (Lipinski definition) is 3. The lowest BCUT2D eigenvalue weighted by molar-refractivity contribution is -0.138. The van der Waals surface area contributed by atoms with Crippen molar-refractivity contribution in [2.75, 3.05) is 0 Å². The zero-order valence-corrected chi connectivity index (χ0v) is 19.1. The van der Waals surface area contributed by atoms with Crippen molar-refractivity contribution in [3.05, 3.63) is 65.7 Å². The molecule has 0 amide bonds. The van der Waals surface area contributed by atoms with Gasteiger partial charge in [-0.25, -0.2) is 0 Å². The van der Waals surface area contributed by atoms with Crippen LogP contribution < -0.4 is 0 Å². The van der Waals surface area contributed by atoms with Crippen molar-refractivity contribution in [2.24, 2.45) is 5.92 Å². The van der Waals surface area contributed by atoms with E-state index in [9.17, 15) is 4.79 Å². The minimum absolute atomic E-state index is 0. The van der Waals surface area contributed by atoms with Crippen molar-refractivity contribution in [3.8, 4) is 0 Å². The van der Waals surface area contributed by atoms with Crippen LogP contribution >= 0.6 is 12.0 Å². The summed E-state index contributed by atoms with van der Waals surface area (Å²) in [5.41, 5.74) is 2.88. The fourth-order valence-electron chi connectivity index (χ4n) is 3.83. The molecule has 32 heavy (non-hydrogen) atoms. The van der Waals surface area contributed by atoms with Gasteiger partial charge in [0.15, 0.2) is 0 Å². The highest BCUT2D eigenvalue weighted by Crippen LogP contribution is 2.37. The molecule has 1 fully saturated rings. The number of benzene rings is 2. The third kappa shape index (κ3) is 10.5. The smallest absolute Gasteiger partial charge is 0.321 e. The molecule has 0 bridgehead atoms. The van der Waals surface area contributed by atoms with Crippen molar-refractivity contribution in [1.82, 2.24) is 0 Å². The summed E-state index contributed by atoms with van der Waals surface area (Å²) < 4.78 is 5.45. The van der Waals surface area contributed by atoms with Gasteiger partial charge in [0, 0.05) is 4.90 Å². The Morgan fingerprint density at radius 3 is 2.00 bits per heavy atom. The summed E-state index contributed by atoms with van der Waals surface area (Å²) in [6.45, 7) is 2.25. The van der Waals surface area contributed by atoms with Gasteiger partial charge in [-0.1, -0.05) is 62.2 Å². The molecule has 0 saturated heterocycles. The highest BCUT2D eigenvalue weighted by Gasteiger charge is 2.28. The van der Waals surface area contributed by atoms with Crippen LogP contribution in [0.1, 0.15) is 68.9 Å². The minimum Gasteiger partial charge on any atom is -0.386 e. The molecule has 2 aromatic rings. The number of halogens is 5. The lowest BCUT2D eigenvalue weighted by atomic mass is 9.78. The second-order valence-electron chi connectivity index (χ2n) is 7.55. The van der Waals surface area contributed by atoms with Crippen LogP contribution in [0.3, 0.4) is 0 Å². The molecule has 0 N–H and O–H groups in total. The van der Waals surface area contributed by atoms with Crippen LogP contribution in [0.4, 0.5) is 23.5 Å². The molecule has 0 spiro atoms. The molecule has 0 heterocycles. The number of rotatable bonds is 8. The van der Waals surface area contributed by atoms with Gasteiger partial charge in [-0.05, 0) is 67.7 Å². The molecule has 2 nitrogen and oxygen atoms in total. The van der Waals surface area contributed by atoms with E-state index in [1.807, 2.05) is 30.3 Å². The Bertz CT molecular complexity index is 708. The predicted molar refractivity (Wildman–Crippen MR) is 125 cm³/mol. The molecule has 1 aliphatic carbocycles. The van der Waals surface area contributed by atoms with E-state index in [1.54, 1.807) is 0 Å². The van der Waals surface area contributed by atoms with Gasteiger partial charge in [-0.3, -0.25) is 28.3 Å². The highest BCUT2D eigenvalue weighted by atomic mass is 32.2. The lowest BCUT2D eigenvalue weighted by Crippen LogP contribution is -2.21. The van der Waals surface area contributed by atoms with Gasteiger partial charge in [-0.2, -0.15) is 0 Å². The van der Waals surface area contributed by atoms with Crippen LogP contribution in [0.15, 0.2) is 59.5 Å². The predicted octanol–water partition coefficient (Wildman–Crippen LogP) is 7.71. The van der Waals surface area contributed by atoms with Gasteiger partial charge in [0.05, 0.1) is 18.0 Å². The lowest BCUT2D eigenvalue weighted by Gasteiger charge is -2.27. The first-order chi connectivity index (χ1) is 13.3. The Balaban J connectivity index is -0.00000168. The zero-order valence-electron chi connectivity index (χ0n) is 18.3. The van der Waals surface area contributed by atoms with E-state index in [-0.39, 0.29) is 35.4 Å². The quantitative estimate of drug-likeness (QED) is 0.219. The number of unbranched alkanes of at least 4 members (excludes halogenated alkanes) is 2. The van der Waals surface area contributed by atoms with Gasteiger partial charge >= 0.3 is 5.97 Å². The summed E-state index contributed by atoms with van der Waals surface area (Å²) in [4.78, 5) is 13.3. The minimum atomic E-state index is -0.0615. The van der Waals surface area contributed by atoms with Crippen LogP contribution in [-0.2, 0) is 15.4 Å². The van der Waals surface area contributed by atoms with Gasteiger partial charge in [-0.15, -0.1) is 0 Å². The molecule has 8 heteroatoms. The average molecular weight is 483 g/mol. The number of hydrogen-bond donors (Lipinski definition) is 0. The Morgan fingerprint density at radius 1 is 0.844 bits per heavy atom. The molecule has 1 aliphatic rings. The maximum atomic E-state index is 12.3. The third-order valence-corrected chi connectivity index (χ3v) is 6.26. The topological polar surface area (TPSA) is 26.3 Å². The first kappa shape index (κ1) is 34.5. The van der Waals surface area contributed by atoms with Crippen molar-refractivity contribution in [2.45, 2.75) is 69.1 Å². The van der Waals surface area contributed by atoms with E-state index >= 15 is 0 Å². The summed E-state index contributed by atoms with van der Waals surface area (Å²) in [6, 6.07) is 19.0. The fraction of sp³-hybridized carbons (Fsp3) is 0.458. The first-order valence-corrected chi connectivity index (χ1v) is 11.0. The van der Waals surface area contributed by atoms with Crippen LogP contribution in [0.2, 0.25) is 0 Å².